The van der Waals surface area contributed by atoms with E-state index in [4.69, 9.17) is 9.15 Å². The number of fused-ring (bicyclic) bond motifs is 1. The number of amides is 1. The third kappa shape index (κ3) is 3.33. The maximum Gasteiger partial charge on any atom is 0.295 e. The minimum atomic E-state index is -0.723. The van der Waals surface area contributed by atoms with Crippen LogP contribution in [0, 0.1) is 6.92 Å². The van der Waals surface area contributed by atoms with E-state index < -0.39 is 17.7 Å². The van der Waals surface area contributed by atoms with Crippen molar-refractivity contribution in [1.29, 1.82) is 0 Å². The van der Waals surface area contributed by atoms with Crippen molar-refractivity contribution in [3.8, 4) is 5.75 Å². The molecule has 1 aromatic carbocycles. The zero-order valence-corrected chi connectivity index (χ0v) is 16.9. The highest BCUT2D eigenvalue weighted by Gasteiger charge is 2.47. The first-order valence-corrected chi connectivity index (χ1v) is 10.1. The fraction of sp³-hybridized carbons (Fsp3) is 0.391. The second-order valence-electron chi connectivity index (χ2n) is 7.75. The van der Waals surface area contributed by atoms with Gasteiger partial charge in [0.25, 0.3) is 11.7 Å². The van der Waals surface area contributed by atoms with Crippen molar-refractivity contribution in [1.82, 2.24) is 4.90 Å². The van der Waals surface area contributed by atoms with Crippen molar-refractivity contribution in [2.24, 2.45) is 0 Å². The average molecular weight is 395 g/mol. The highest BCUT2D eigenvalue weighted by molar-refractivity contribution is 6.46. The molecule has 6 heteroatoms. The van der Waals surface area contributed by atoms with Crippen LogP contribution in [0.15, 0.2) is 40.3 Å². The molecule has 6 nitrogen and oxygen atoms in total. The van der Waals surface area contributed by atoms with E-state index in [2.05, 4.69) is 0 Å². The summed E-state index contributed by atoms with van der Waals surface area (Å²) in [7, 11) is 0. The average Bonchev–Trinajstić information content (AvgIpc) is 3.35. The number of nitrogens with zero attached hydrogens (tertiary/aromatic N) is 1. The van der Waals surface area contributed by atoms with Gasteiger partial charge in [-0.1, -0.05) is 13.3 Å². The first-order valence-electron chi connectivity index (χ1n) is 10.1. The van der Waals surface area contributed by atoms with Crippen LogP contribution in [-0.4, -0.2) is 34.3 Å². The lowest BCUT2D eigenvalue weighted by Gasteiger charge is -2.23. The summed E-state index contributed by atoms with van der Waals surface area (Å²) in [5, 5.41) is 11.1. The van der Waals surface area contributed by atoms with E-state index in [1.54, 1.807) is 24.3 Å². The van der Waals surface area contributed by atoms with Gasteiger partial charge in [0.15, 0.2) is 0 Å². The van der Waals surface area contributed by atoms with Crippen LogP contribution in [0.5, 0.6) is 5.75 Å². The molecule has 2 aliphatic heterocycles. The minimum Gasteiger partial charge on any atom is -0.507 e. The summed E-state index contributed by atoms with van der Waals surface area (Å²) in [5.41, 5.74) is 1.56. The van der Waals surface area contributed by atoms with E-state index in [9.17, 15) is 14.7 Å². The Kier molecular flexibility index (Phi) is 4.94. The highest BCUT2D eigenvalue weighted by atomic mass is 16.5. The molecule has 2 aromatic rings. The van der Waals surface area contributed by atoms with Crippen LogP contribution >= 0.6 is 0 Å². The zero-order chi connectivity index (χ0) is 20.7. The van der Waals surface area contributed by atoms with Gasteiger partial charge in [0.2, 0.25) is 0 Å². The lowest BCUT2D eigenvalue weighted by molar-refractivity contribution is -0.140. The van der Waals surface area contributed by atoms with Gasteiger partial charge in [-0.15, -0.1) is 0 Å². The Balaban J connectivity index is 1.81. The molecule has 2 atom stereocenters. The van der Waals surface area contributed by atoms with Gasteiger partial charge in [-0.25, -0.2) is 0 Å². The van der Waals surface area contributed by atoms with Gasteiger partial charge in [0.1, 0.15) is 35.2 Å². The summed E-state index contributed by atoms with van der Waals surface area (Å²) in [6.45, 7) is 6.25. The van der Waals surface area contributed by atoms with Crippen LogP contribution in [0.2, 0.25) is 0 Å². The smallest absolute Gasteiger partial charge is 0.295 e. The van der Waals surface area contributed by atoms with Crippen molar-refractivity contribution in [3.05, 3.63) is 58.6 Å². The number of ether oxygens (including phenoxy) is 1. The maximum atomic E-state index is 12.9. The van der Waals surface area contributed by atoms with Gasteiger partial charge in [-0.2, -0.15) is 0 Å². The number of aliphatic hydroxyl groups is 1. The molecular weight excluding hydrogens is 370 g/mol. The predicted octanol–water partition coefficient (Wildman–Crippen LogP) is 4.13. The fourth-order valence-corrected chi connectivity index (χ4v) is 4.06. The number of carbonyl (C=O) groups is 2. The van der Waals surface area contributed by atoms with Crippen LogP contribution in [-0.2, 0) is 16.0 Å². The van der Waals surface area contributed by atoms with Gasteiger partial charge in [0.05, 0.1) is 5.57 Å². The molecule has 3 heterocycles. The number of likely N-dealkylation sites (tertiary alicyclic amines) is 1. The number of benzene rings is 1. The Hall–Kier alpha value is -3.02. The molecule has 0 bridgehead atoms. The molecule has 1 aromatic heterocycles. The molecule has 1 amide bonds. The molecule has 0 radical (unpaired) electrons. The van der Waals surface area contributed by atoms with Gasteiger partial charge in [-0.05, 0) is 56.2 Å². The molecular formula is C23H25NO5. The number of Topliss-reactive ketones (excluding diaryl/α,β-unsaturated/α-hetero) is 1. The summed E-state index contributed by atoms with van der Waals surface area (Å²) in [6, 6.07) is 8.18. The van der Waals surface area contributed by atoms with Gasteiger partial charge < -0.3 is 19.2 Å². The minimum absolute atomic E-state index is 0.0763. The van der Waals surface area contributed by atoms with Crippen LogP contribution in [0.3, 0.4) is 0 Å². The van der Waals surface area contributed by atoms with Crippen LogP contribution < -0.4 is 4.74 Å². The summed E-state index contributed by atoms with van der Waals surface area (Å²) in [6.07, 6.45) is 2.46. The summed E-state index contributed by atoms with van der Waals surface area (Å²) in [4.78, 5) is 27.2. The summed E-state index contributed by atoms with van der Waals surface area (Å²) < 4.78 is 11.5. The topological polar surface area (TPSA) is 80.0 Å². The third-order valence-corrected chi connectivity index (χ3v) is 5.49. The molecule has 152 valence electrons. The zero-order valence-electron chi connectivity index (χ0n) is 16.9. The lowest BCUT2D eigenvalue weighted by Crippen LogP contribution is -2.30. The van der Waals surface area contributed by atoms with E-state index in [0.717, 1.165) is 30.6 Å². The normalized spacial score (nSPS) is 22.8. The first-order chi connectivity index (χ1) is 13.9. The second kappa shape index (κ2) is 7.43. The van der Waals surface area contributed by atoms with Crippen molar-refractivity contribution < 1.29 is 23.8 Å². The number of rotatable bonds is 5. The number of hydrogen-bond donors (Lipinski definition) is 1. The van der Waals surface area contributed by atoms with Crippen LogP contribution in [0.4, 0.5) is 0 Å². The molecule has 1 N–H and O–H groups in total. The molecule has 1 saturated heterocycles. The second-order valence-corrected chi connectivity index (χ2v) is 7.75. The van der Waals surface area contributed by atoms with E-state index in [-0.39, 0.29) is 17.4 Å². The van der Waals surface area contributed by atoms with E-state index in [1.807, 2.05) is 26.8 Å². The molecule has 2 unspecified atom stereocenters. The number of furan rings is 1. The Morgan fingerprint density at radius 2 is 2.03 bits per heavy atom. The summed E-state index contributed by atoms with van der Waals surface area (Å²) in [5.74, 6) is 0.501. The summed E-state index contributed by atoms with van der Waals surface area (Å²) >= 11 is 0. The number of ketones is 1. The Bertz CT molecular complexity index is 1000. The fourth-order valence-electron chi connectivity index (χ4n) is 4.06. The van der Waals surface area contributed by atoms with E-state index in [1.165, 1.54) is 4.90 Å². The monoisotopic (exact) mass is 395 g/mol. The number of hydrogen-bond acceptors (Lipinski definition) is 5. The van der Waals surface area contributed by atoms with E-state index >= 15 is 0 Å². The molecule has 29 heavy (non-hydrogen) atoms. The molecule has 2 aliphatic rings. The molecule has 4 rings (SSSR count). The van der Waals surface area contributed by atoms with Crippen LogP contribution in [0.25, 0.3) is 5.76 Å². The van der Waals surface area contributed by atoms with E-state index in [0.29, 0.717) is 23.6 Å². The number of carbonyl (C=O) groups excluding carboxylic acids is 2. The molecule has 0 spiro atoms. The standard InChI is InChI=1S/C23H25NO5/c1-4-5-10-24-20(18-8-6-13(2)28-18)19(22(26)23(24)27)21(25)15-7-9-17-16(12-15)11-14(3)29-17/h6-9,12,14,20,25H,4-5,10-11H2,1-3H3/b21-19-. The lowest BCUT2D eigenvalue weighted by atomic mass is 9.97. The Morgan fingerprint density at radius 1 is 1.24 bits per heavy atom. The molecule has 0 saturated carbocycles. The third-order valence-electron chi connectivity index (χ3n) is 5.49. The van der Waals surface area contributed by atoms with Crippen molar-refractivity contribution in [2.45, 2.75) is 52.2 Å². The predicted molar refractivity (Wildman–Crippen MR) is 108 cm³/mol. The maximum absolute atomic E-state index is 12.9. The largest absolute Gasteiger partial charge is 0.507 e. The van der Waals surface area contributed by atoms with Gasteiger partial charge in [-0.3, -0.25) is 9.59 Å². The van der Waals surface area contributed by atoms with Crippen LogP contribution in [0.1, 0.15) is 55.4 Å². The van der Waals surface area contributed by atoms with Crippen molar-refractivity contribution >= 4 is 17.4 Å². The SMILES string of the molecule is CCCCN1C(=O)C(=O)/C(=C(\O)c2ccc3c(c2)CC(C)O3)C1c1ccc(C)o1. The Morgan fingerprint density at radius 3 is 2.72 bits per heavy atom. The van der Waals surface area contributed by atoms with Gasteiger partial charge >= 0.3 is 0 Å². The van der Waals surface area contributed by atoms with Crippen molar-refractivity contribution in [2.75, 3.05) is 6.54 Å². The quantitative estimate of drug-likeness (QED) is 0.468. The van der Waals surface area contributed by atoms with Gasteiger partial charge in [0, 0.05) is 18.5 Å². The van der Waals surface area contributed by atoms with Crippen molar-refractivity contribution in [3.63, 3.8) is 0 Å². The number of aryl methyl sites for hydroxylation is 1. The first kappa shape index (κ1) is 19.3. The molecule has 0 aliphatic carbocycles. The highest BCUT2D eigenvalue weighted by Crippen LogP contribution is 2.41. The Labute approximate surface area is 169 Å². The number of aliphatic hydroxyl groups excluding tert-OH is 1. The number of unbranched alkanes of at least 4 members (excludes halogenated alkanes) is 1. The molecule has 1 fully saturated rings.